The van der Waals surface area contributed by atoms with Crippen LogP contribution in [-0.2, 0) is 23.8 Å². The Labute approximate surface area is 196 Å². The molecule has 7 nitrogen and oxygen atoms in total. The first-order chi connectivity index (χ1) is 15.7. The van der Waals surface area contributed by atoms with Crippen LogP contribution in [0.25, 0.3) is 11.3 Å². The highest BCUT2D eigenvalue weighted by atomic mass is 32.2. The van der Waals surface area contributed by atoms with Crippen molar-refractivity contribution in [3.63, 3.8) is 0 Å². The second-order valence-corrected chi connectivity index (χ2v) is 10.7. The van der Waals surface area contributed by atoms with E-state index in [0.717, 1.165) is 6.20 Å². The summed E-state index contributed by atoms with van der Waals surface area (Å²) in [5.41, 5.74) is 0.723. The van der Waals surface area contributed by atoms with Crippen molar-refractivity contribution in [1.82, 2.24) is 4.98 Å². The summed E-state index contributed by atoms with van der Waals surface area (Å²) in [7, 11) is -4.37. The lowest BCUT2D eigenvalue weighted by atomic mass is 9.81. The predicted molar refractivity (Wildman–Crippen MR) is 116 cm³/mol. The Morgan fingerprint density at radius 3 is 2.35 bits per heavy atom. The molecule has 1 aromatic carbocycles. The summed E-state index contributed by atoms with van der Waals surface area (Å²) >= 11 is 0. The van der Waals surface area contributed by atoms with Crippen LogP contribution in [0.5, 0.6) is 5.75 Å². The molecule has 34 heavy (non-hydrogen) atoms. The topological polar surface area (TPSA) is 91.8 Å². The molecule has 1 aliphatic rings. The number of carbonyl (C=O) groups excluding carboxylic acids is 1. The van der Waals surface area contributed by atoms with Gasteiger partial charge in [0.15, 0.2) is 6.61 Å². The summed E-state index contributed by atoms with van der Waals surface area (Å²) in [6, 6.07) is 8.37. The summed E-state index contributed by atoms with van der Waals surface area (Å²) in [6.07, 6.45) is -2.82. The van der Waals surface area contributed by atoms with Crippen LogP contribution in [0.3, 0.4) is 0 Å². The number of aromatic nitrogens is 1. The van der Waals surface area contributed by atoms with Gasteiger partial charge in [0.25, 0.3) is 0 Å². The number of carbonyl (C=O) groups is 1. The molecule has 0 saturated carbocycles. The van der Waals surface area contributed by atoms with E-state index in [4.69, 9.17) is 8.92 Å². The summed E-state index contributed by atoms with van der Waals surface area (Å²) in [4.78, 5) is 16.3. The van der Waals surface area contributed by atoms with Crippen molar-refractivity contribution in [3.05, 3.63) is 42.6 Å². The average Bonchev–Trinajstić information content (AvgIpc) is 2.77. The average molecular weight is 502 g/mol. The molecular formula is C23H26F3NO6S. The molecule has 0 amide bonds. The van der Waals surface area contributed by atoms with E-state index in [0.29, 0.717) is 30.7 Å². The first-order valence-electron chi connectivity index (χ1n) is 10.6. The molecule has 1 saturated heterocycles. The van der Waals surface area contributed by atoms with E-state index in [1.54, 1.807) is 0 Å². The Balaban J connectivity index is 1.65. The number of pyridine rings is 1. The minimum Gasteiger partial charge on any atom is -0.484 e. The molecule has 2 unspecified atom stereocenters. The van der Waals surface area contributed by atoms with Gasteiger partial charge in [0.1, 0.15) is 10.6 Å². The maximum Gasteiger partial charge on any atom is 0.422 e. The number of ether oxygens (including phenoxy) is 2. The van der Waals surface area contributed by atoms with Gasteiger partial charge in [0.05, 0.1) is 17.7 Å². The van der Waals surface area contributed by atoms with Crippen LogP contribution < -0.4 is 4.74 Å². The van der Waals surface area contributed by atoms with Crippen molar-refractivity contribution >= 4 is 16.1 Å². The molecule has 3 rings (SSSR count). The fourth-order valence-corrected chi connectivity index (χ4v) is 4.29. The normalized spacial score (nSPS) is 19.5. The van der Waals surface area contributed by atoms with Crippen LogP contribution in [0.15, 0.2) is 47.5 Å². The lowest BCUT2D eigenvalue weighted by molar-refractivity contribution is -0.153. The van der Waals surface area contributed by atoms with E-state index in [1.165, 1.54) is 36.4 Å². The summed E-state index contributed by atoms with van der Waals surface area (Å²) in [5, 5.41) is 0. The van der Waals surface area contributed by atoms with Crippen molar-refractivity contribution in [2.45, 2.75) is 50.8 Å². The largest absolute Gasteiger partial charge is 0.484 e. The molecule has 2 atom stereocenters. The molecule has 11 heteroatoms. The molecule has 2 heterocycles. The maximum atomic E-state index is 12.6. The standard InChI is InChI=1S/C23H26F3NO6S/c1-22(2,3)20-12-16(10-11-31-20)21(28)33-34(29,30)18-8-9-19(27-13-18)15-4-6-17(7-5-15)32-14-23(24,25)26/h4-9,13,16,20H,10-12,14H2,1-3H3. The van der Waals surface area contributed by atoms with Crippen molar-refractivity contribution in [1.29, 1.82) is 0 Å². The van der Waals surface area contributed by atoms with Crippen LogP contribution in [0, 0.1) is 11.3 Å². The number of nitrogens with zero attached hydrogens (tertiary/aromatic N) is 1. The third kappa shape index (κ3) is 6.92. The van der Waals surface area contributed by atoms with Gasteiger partial charge in [-0.1, -0.05) is 20.8 Å². The first-order valence-corrected chi connectivity index (χ1v) is 12.0. The van der Waals surface area contributed by atoms with E-state index < -0.39 is 34.8 Å². The van der Waals surface area contributed by atoms with Gasteiger partial charge in [-0.3, -0.25) is 9.78 Å². The second-order valence-electron chi connectivity index (χ2n) is 9.11. The highest BCUT2D eigenvalue weighted by molar-refractivity contribution is 7.87. The Bertz CT molecular complexity index is 1090. The zero-order valence-corrected chi connectivity index (χ0v) is 19.8. The number of rotatable bonds is 6. The molecule has 2 aromatic rings. The number of hydrogen-bond donors (Lipinski definition) is 0. The van der Waals surface area contributed by atoms with Gasteiger partial charge >= 0.3 is 22.3 Å². The van der Waals surface area contributed by atoms with Gasteiger partial charge in [-0.2, -0.15) is 21.6 Å². The summed E-state index contributed by atoms with van der Waals surface area (Å²) in [6.45, 7) is 4.90. The molecular weight excluding hydrogens is 475 g/mol. The minimum atomic E-state index is -4.44. The van der Waals surface area contributed by atoms with Crippen molar-refractivity contribution in [2.75, 3.05) is 13.2 Å². The lowest BCUT2D eigenvalue weighted by Gasteiger charge is -2.36. The summed E-state index contributed by atoms with van der Waals surface area (Å²) < 4.78 is 77.1. The predicted octanol–water partition coefficient (Wildman–Crippen LogP) is 4.76. The van der Waals surface area contributed by atoms with Crippen molar-refractivity contribution < 1.29 is 40.0 Å². The van der Waals surface area contributed by atoms with Gasteiger partial charge in [-0.25, -0.2) is 0 Å². The Kier molecular flexibility index (Phi) is 7.56. The molecule has 0 spiro atoms. The van der Waals surface area contributed by atoms with Crippen LogP contribution in [0.1, 0.15) is 33.6 Å². The monoisotopic (exact) mass is 501 g/mol. The number of hydrogen-bond acceptors (Lipinski definition) is 7. The van der Waals surface area contributed by atoms with Gasteiger partial charge in [0, 0.05) is 18.4 Å². The second kappa shape index (κ2) is 9.91. The fraction of sp³-hybridized carbons (Fsp3) is 0.478. The van der Waals surface area contributed by atoms with Gasteiger partial charge < -0.3 is 13.7 Å². The number of benzene rings is 1. The Hall–Kier alpha value is -2.66. The van der Waals surface area contributed by atoms with E-state index in [9.17, 15) is 26.4 Å². The molecule has 1 fully saturated rings. The minimum absolute atomic E-state index is 0.0361. The SMILES string of the molecule is CC(C)(C)C1CC(C(=O)OS(=O)(=O)c2ccc(-c3ccc(OCC(F)(F)F)cc3)nc2)CCO1. The molecule has 1 aromatic heterocycles. The van der Waals surface area contributed by atoms with E-state index >= 15 is 0 Å². The fourth-order valence-electron chi connectivity index (χ4n) is 3.42. The smallest absolute Gasteiger partial charge is 0.422 e. The molecule has 1 aliphatic heterocycles. The number of halogens is 3. The molecule has 0 aliphatic carbocycles. The van der Waals surface area contributed by atoms with Crippen LogP contribution in [0.4, 0.5) is 13.2 Å². The van der Waals surface area contributed by atoms with Gasteiger partial charge in [0.2, 0.25) is 0 Å². The molecule has 0 bridgehead atoms. The number of alkyl halides is 3. The highest BCUT2D eigenvalue weighted by Crippen LogP contribution is 2.33. The van der Waals surface area contributed by atoms with Crippen LogP contribution in [0.2, 0.25) is 0 Å². The zero-order chi connectivity index (χ0) is 25.1. The molecule has 0 radical (unpaired) electrons. The first kappa shape index (κ1) is 26.0. The Morgan fingerprint density at radius 2 is 1.79 bits per heavy atom. The zero-order valence-electron chi connectivity index (χ0n) is 19.0. The maximum absolute atomic E-state index is 12.6. The van der Waals surface area contributed by atoms with E-state index in [2.05, 4.69) is 9.72 Å². The third-order valence-electron chi connectivity index (χ3n) is 5.35. The lowest BCUT2D eigenvalue weighted by Crippen LogP contribution is -2.39. The highest BCUT2D eigenvalue weighted by Gasteiger charge is 2.37. The van der Waals surface area contributed by atoms with Crippen LogP contribution in [-0.4, -0.2) is 44.9 Å². The van der Waals surface area contributed by atoms with Gasteiger partial charge in [-0.05, 0) is 54.7 Å². The Morgan fingerprint density at radius 1 is 1.12 bits per heavy atom. The molecule has 186 valence electrons. The van der Waals surface area contributed by atoms with Crippen molar-refractivity contribution in [2.24, 2.45) is 11.3 Å². The van der Waals surface area contributed by atoms with E-state index in [-0.39, 0.29) is 22.2 Å². The summed E-state index contributed by atoms with van der Waals surface area (Å²) in [5.74, 6) is -1.37. The quantitative estimate of drug-likeness (QED) is 0.527. The van der Waals surface area contributed by atoms with Crippen molar-refractivity contribution in [3.8, 4) is 17.0 Å². The van der Waals surface area contributed by atoms with Crippen LogP contribution >= 0.6 is 0 Å². The third-order valence-corrected chi connectivity index (χ3v) is 6.56. The van der Waals surface area contributed by atoms with Gasteiger partial charge in [-0.15, -0.1) is 0 Å². The van der Waals surface area contributed by atoms with E-state index in [1.807, 2.05) is 20.8 Å². The molecule has 0 N–H and O–H groups in total.